The fourth-order valence-electron chi connectivity index (χ4n) is 0.678. The average Bonchev–Trinajstić information content (AvgIpc) is 2.15. The highest BCUT2D eigenvalue weighted by Crippen LogP contribution is 1.93. The Morgan fingerprint density at radius 3 is 2.20 bits per heavy atom. The monoisotopic (exact) mass is 213 g/mol. The van der Waals surface area contributed by atoms with Crippen LogP contribution < -0.4 is 11.1 Å². The van der Waals surface area contributed by atoms with Gasteiger partial charge in [-0.1, -0.05) is 0 Å². The Hall–Kier alpha value is -2.31. The van der Waals surface area contributed by atoms with E-state index in [0.29, 0.717) is 6.54 Å². The summed E-state index contributed by atoms with van der Waals surface area (Å²) in [6.07, 6.45) is 0.902. The molecule has 0 aromatic carbocycles. The molecule has 0 saturated heterocycles. The number of carboxylic acid groups (broad SMARTS) is 2. The Morgan fingerprint density at radius 2 is 1.80 bits per heavy atom. The van der Waals surface area contributed by atoms with E-state index < -0.39 is 12.2 Å². The number of primary amides is 1. The van der Waals surface area contributed by atoms with Crippen molar-refractivity contribution in [3.05, 3.63) is 30.1 Å². The largest absolute Gasteiger partial charge is 0.465 e. The Bertz CT molecular complexity index is 311. The fraction of sp³-hybridized carbons (Fsp3) is 0.125. The molecule has 0 aliphatic carbocycles. The summed E-state index contributed by atoms with van der Waals surface area (Å²) in [4.78, 5) is 22.6. The maximum Gasteiger partial charge on any atom is 0.404 e. The normalized spacial score (nSPS) is 8.27. The van der Waals surface area contributed by atoms with Crippen molar-refractivity contribution in [2.24, 2.45) is 5.73 Å². The van der Waals surface area contributed by atoms with E-state index in [4.69, 9.17) is 15.0 Å². The quantitative estimate of drug-likeness (QED) is 0.568. The zero-order valence-electron chi connectivity index (χ0n) is 7.75. The van der Waals surface area contributed by atoms with Crippen LogP contribution in [-0.4, -0.2) is 27.4 Å². The van der Waals surface area contributed by atoms with Gasteiger partial charge in [0.1, 0.15) is 0 Å². The van der Waals surface area contributed by atoms with Crippen molar-refractivity contribution in [3.8, 4) is 0 Å². The molecule has 7 nitrogen and oxygen atoms in total. The van der Waals surface area contributed by atoms with Crippen molar-refractivity contribution in [2.75, 3.05) is 0 Å². The van der Waals surface area contributed by atoms with Gasteiger partial charge in [0.25, 0.3) is 0 Å². The smallest absolute Gasteiger partial charge is 0.404 e. The highest BCUT2D eigenvalue weighted by atomic mass is 16.4. The molecule has 1 heterocycles. The lowest BCUT2D eigenvalue weighted by Crippen LogP contribution is -2.19. The third-order valence-electron chi connectivity index (χ3n) is 1.19. The van der Waals surface area contributed by atoms with Gasteiger partial charge in [-0.15, -0.1) is 0 Å². The summed E-state index contributed by atoms with van der Waals surface area (Å²) in [6.45, 7) is 0.331. The van der Waals surface area contributed by atoms with Crippen LogP contribution in [0.25, 0.3) is 0 Å². The predicted octanol–water partition coefficient (Wildman–Crippen LogP) is 0.472. The summed E-state index contributed by atoms with van der Waals surface area (Å²) in [5, 5.41) is 17.7. The zero-order chi connectivity index (χ0) is 11.7. The summed E-state index contributed by atoms with van der Waals surface area (Å²) < 4.78 is 0. The Labute approximate surface area is 85.6 Å². The van der Waals surface area contributed by atoms with Crippen LogP contribution in [0.2, 0.25) is 0 Å². The molecule has 0 aliphatic heterocycles. The maximum atomic E-state index is 10.0. The number of rotatable bonds is 2. The van der Waals surface area contributed by atoms with Gasteiger partial charge in [-0.3, -0.25) is 4.98 Å². The van der Waals surface area contributed by atoms with Crippen molar-refractivity contribution >= 4 is 12.2 Å². The molecule has 2 amide bonds. The summed E-state index contributed by atoms with van der Waals surface area (Å²) >= 11 is 0. The molecule has 0 saturated carbocycles. The lowest BCUT2D eigenvalue weighted by atomic mass is 10.3. The molecule has 1 aromatic heterocycles. The summed E-state index contributed by atoms with van der Waals surface area (Å²) in [7, 11) is 0. The Morgan fingerprint density at radius 1 is 1.33 bits per heavy atom. The van der Waals surface area contributed by atoms with Gasteiger partial charge in [-0.25, -0.2) is 9.59 Å². The van der Waals surface area contributed by atoms with Crippen LogP contribution in [0.3, 0.4) is 0 Å². The number of aromatic nitrogens is 1. The third-order valence-corrected chi connectivity index (χ3v) is 1.19. The van der Waals surface area contributed by atoms with E-state index in [0.717, 1.165) is 5.56 Å². The van der Waals surface area contributed by atoms with E-state index >= 15 is 0 Å². The minimum Gasteiger partial charge on any atom is -0.465 e. The molecule has 0 bridgehead atoms. The molecule has 7 heteroatoms. The van der Waals surface area contributed by atoms with Crippen molar-refractivity contribution in [1.29, 1.82) is 0 Å². The second kappa shape index (κ2) is 7.13. The van der Waals surface area contributed by atoms with Gasteiger partial charge in [-0.2, -0.15) is 0 Å². The number of carbonyl (C=O) groups is 2. The predicted molar refractivity (Wildman–Crippen MR) is 51.3 cm³/mol. The maximum absolute atomic E-state index is 10.0. The number of nitrogens with one attached hydrogen (secondary N) is 1. The molecule has 0 radical (unpaired) electrons. The summed E-state index contributed by atoms with van der Waals surface area (Å²) in [6, 6.07) is 3.52. The number of hydrogen-bond donors (Lipinski definition) is 4. The lowest BCUT2D eigenvalue weighted by Gasteiger charge is -1.98. The molecule has 0 unspecified atom stereocenters. The van der Waals surface area contributed by atoms with Crippen LogP contribution in [0.5, 0.6) is 0 Å². The molecule has 0 aliphatic rings. The number of nitrogens with two attached hydrogens (primary N) is 1. The van der Waals surface area contributed by atoms with E-state index in [-0.39, 0.29) is 0 Å². The average molecular weight is 213 g/mol. The first-order valence-electron chi connectivity index (χ1n) is 3.86. The number of hydrogen-bond acceptors (Lipinski definition) is 3. The molecule has 15 heavy (non-hydrogen) atoms. The molecular formula is C8H11N3O4. The van der Waals surface area contributed by atoms with E-state index in [2.05, 4.69) is 16.0 Å². The van der Waals surface area contributed by atoms with E-state index in [1.165, 1.54) is 0 Å². The first-order valence-corrected chi connectivity index (χ1v) is 3.86. The van der Waals surface area contributed by atoms with E-state index in [1.807, 2.05) is 0 Å². The van der Waals surface area contributed by atoms with Crippen LogP contribution in [0.4, 0.5) is 9.59 Å². The fourth-order valence-corrected chi connectivity index (χ4v) is 0.678. The first kappa shape index (κ1) is 12.7. The van der Waals surface area contributed by atoms with Crippen molar-refractivity contribution in [1.82, 2.24) is 10.3 Å². The molecule has 1 aromatic rings. The van der Waals surface area contributed by atoms with Gasteiger partial charge in [-0.05, 0) is 17.7 Å². The van der Waals surface area contributed by atoms with Crippen LogP contribution in [-0.2, 0) is 6.54 Å². The van der Waals surface area contributed by atoms with Crippen LogP contribution in [0.1, 0.15) is 5.56 Å². The van der Waals surface area contributed by atoms with Gasteiger partial charge < -0.3 is 21.3 Å². The van der Waals surface area contributed by atoms with E-state index in [1.54, 1.807) is 24.5 Å². The van der Waals surface area contributed by atoms with Crippen LogP contribution in [0.15, 0.2) is 24.5 Å². The second-order valence-electron chi connectivity index (χ2n) is 2.35. The van der Waals surface area contributed by atoms with Crippen molar-refractivity contribution in [2.45, 2.75) is 6.54 Å². The standard InChI is InChI=1S/C7H8N2O2.CH3NO2/c10-7(11)9-5-6-1-3-8-4-2-6;2-1(3)4/h1-4,9H,5H2,(H,10,11);2H2,(H,3,4). The number of amides is 2. The van der Waals surface area contributed by atoms with Crippen LogP contribution >= 0.6 is 0 Å². The minimum absolute atomic E-state index is 0.331. The molecule has 82 valence electrons. The number of pyridine rings is 1. The van der Waals surface area contributed by atoms with Crippen molar-refractivity contribution < 1.29 is 19.8 Å². The van der Waals surface area contributed by atoms with Gasteiger partial charge >= 0.3 is 12.2 Å². The van der Waals surface area contributed by atoms with Crippen molar-refractivity contribution in [3.63, 3.8) is 0 Å². The van der Waals surface area contributed by atoms with Gasteiger partial charge in [0.15, 0.2) is 0 Å². The number of nitrogens with zero attached hydrogens (tertiary/aromatic N) is 1. The Balaban J connectivity index is 0.000000423. The van der Waals surface area contributed by atoms with E-state index in [9.17, 15) is 4.79 Å². The molecule has 0 atom stereocenters. The van der Waals surface area contributed by atoms with Gasteiger partial charge in [0.2, 0.25) is 0 Å². The molecule has 5 N–H and O–H groups in total. The zero-order valence-corrected chi connectivity index (χ0v) is 7.75. The van der Waals surface area contributed by atoms with Gasteiger partial charge in [0, 0.05) is 18.9 Å². The second-order valence-corrected chi connectivity index (χ2v) is 2.35. The molecule has 1 rings (SSSR count). The highest BCUT2D eigenvalue weighted by molar-refractivity contribution is 5.64. The highest BCUT2D eigenvalue weighted by Gasteiger charge is 1.93. The summed E-state index contributed by atoms with van der Waals surface area (Å²) in [5.41, 5.74) is 4.93. The van der Waals surface area contributed by atoms with Crippen LogP contribution in [0, 0.1) is 0 Å². The molecule has 0 spiro atoms. The third kappa shape index (κ3) is 9.61. The SMILES string of the molecule is NC(=O)O.O=C(O)NCc1ccncc1. The lowest BCUT2D eigenvalue weighted by molar-refractivity contribution is 0.194. The topological polar surface area (TPSA) is 126 Å². The van der Waals surface area contributed by atoms with Gasteiger partial charge in [0.05, 0.1) is 0 Å². The Kier molecular flexibility index (Phi) is 6.03. The molecular weight excluding hydrogens is 202 g/mol. The first-order chi connectivity index (χ1) is 7.02. The summed E-state index contributed by atoms with van der Waals surface area (Å²) in [5.74, 6) is 0. The molecule has 0 fully saturated rings. The minimum atomic E-state index is -1.33.